The van der Waals surface area contributed by atoms with E-state index in [0.29, 0.717) is 6.42 Å². The molecule has 3 nitrogen and oxygen atoms in total. The smallest absolute Gasteiger partial charge is 0.138 e. The predicted octanol–water partition coefficient (Wildman–Crippen LogP) is 4.79. The van der Waals surface area contributed by atoms with E-state index in [0.717, 1.165) is 22.3 Å². The van der Waals surface area contributed by atoms with Gasteiger partial charge in [0.15, 0.2) is 0 Å². The fraction of sp³-hybridized carbons (Fsp3) is 0.0833. The van der Waals surface area contributed by atoms with Crippen LogP contribution < -0.4 is 0 Å². The lowest BCUT2D eigenvalue weighted by Gasteiger charge is -2.36. The number of benzene rings is 3. The molecule has 4 aromatic rings. The van der Waals surface area contributed by atoms with Crippen LogP contribution in [-0.4, -0.2) is 9.78 Å². The Morgan fingerprint density at radius 1 is 0.741 bits per heavy atom. The maximum Gasteiger partial charge on any atom is 0.138 e. The van der Waals surface area contributed by atoms with E-state index in [1.807, 2.05) is 29.1 Å². The van der Waals surface area contributed by atoms with Gasteiger partial charge in [-0.25, -0.2) is 0 Å². The van der Waals surface area contributed by atoms with Gasteiger partial charge in [0, 0.05) is 11.8 Å². The van der Waals surface area contributed by atoms with Crippen LogP contribution in [0.15, 0.2) is 103 Å². The third-order valence-corrected chi connectivity index (χ3v) is 4.84. The van der Waals surface area contributed by atoms with Crippen LogP contribution in [0.1, 0.15) is 22.3 Å². The molecule has 1 aromatic heterocycles. The normalized spacial score (nSPS) is 11.1. The fourth-order valence-corrected chi connectivity index (χ4v) is 3.66. The molecule has 0 N–H and O–H groups in total. The minimum Gasteiger partial charge on any atom is -0.253 e. The number of rotatable bonds is 5. The van der Waals surface area contributed by atoms with Crippen molar-refractivity contribution in [1.29, 1.82) is 5.26 Å². The molecule has 0 saturated carbocycles. The van der Waals surface area contributed by atoms with Crippen molar-refractivity contribution < 1.29 is 0 Å². The first-order chi connectivity index (χ1) is 13.4. The first kappa shape index (κ1) is 16.8. The van der Waals surface area contributed by atoms with Crippen LogP contribution in [0.25, 0.3) is 0 Å². The predicted molar refractivity (Wildman–Crippen MR) is 106 cm³/mol. The Labute approximate surface area is 159 Å². The van der Waals surface area contributed by atoms with Crippen LogP contribution in [0.5, 0.6) is 0 Å². The molecule has 4 rings (SSSR count). The fourth-order valence-electron chi connectivity index (χ4n) is 3.66. The summed E-state index contributed by atoms with van der Waals surface area (Å²) in [7, 11) is 0. The molecular formula is C24H19N3. The molecule has 0 aliphatic rings. The molecule has 0 atom stereocenters. The minimum absolute atomic E-state index is 0.342. The third kappa shape index (κ3) is 2.92. The van der Waals surface area contributed by atoms with E-state index in [1.54, 1.807) is 6.20 Å². The van der Waals surface area contributed by atoms with Gasteiger partial charge >= 0.3 is 0 Å². The van der Waals surface area contributed by atoms with Crippen LogP contribution in [0.2, 0.25) is 0 Å². The van der Waals surface area contributed by atoms with Gasteiger partial charge in [-0.3, -0.25) is 4.68 Å². The van der Waals surface area contributed by atoms with Gasteiger partial charge in [0.25, 0.3) is 0 Å². The Balaban J connectivity index is 2.08. The maximum absolute atomic E-state index is 9.10. The van der Waals surface area contributed by atoms with E-state index in [-0.39, 0.29) is 0 Å². The summed E-state index contributed by atoms with van der Waals surface area (Å²) in [5.41, 5.74) is 3.65. The summed E-state index contributed by atoms with van der Waals surface area (Å²) in [6.45, 7) is 0. The van der Waals surface area contributed by atoms with Gasteiger partial charge in [0.1, 0.15) is 5.54 Å². The average Bonchev–Trinajstić information content (AvgIpc) is 3.20. The lowest BCUT2D eigenvalue weighted by molar-refractivity contribution is 0.460. The molecular weight excluding hydrogens is 330 g/mol. The van der Waals surface area contributed by atoms with Gasteiger partial charge in [-0.05, 0) is 16.7 Å². The van der Waals surface area contributed by atoms with Crippen LogP contribution in [0, 0.1) is 11.3 Å². The number of hydrogen-bond donors (Lipinski definition) is 0. The molecule has 3 aromatic carbocycles. The van der Waals surface area contributed by atoms with Crippen LogP contribution in [0.4, 0.5) is 0 Å². The van der Waals surface area contributed by atoms with Crippen molar-refractivity contribution in [1.82, 2.24) is 9.78 Å². The van der Waals surface area contributed by atoms with Gasteiger partial charge < -0.3 is 0 Å². The Morgan fingerprint density at radius 2 is 1.19 bits per heavy atom. The molecule has 0 radical (unpaired) electrons. The Hall–Kier alpha value is -3.64. The summed E-state index contributed by atoms with van der Waals surface area (Å²) >= 11 is 0. The minimum atomic E-state index is -0.614. The zero-order valence-electron chi connectivity index (χ0n) is 14.9. The largest absolute Gasteiger partial charge is 0.253 e. The average molecular weight is 349 g/mol. The molecule has 0 saturated heterocycles. The Bertz CT molecular complexity index is 948. The molecule has 0 aliphatic heterocycles. The van der Waals surface area contributed by atoms with E-state index in [4.69, 9.17) is 10.4 Å². The molecule has 0 fully saturated rings. The van der Waals surface area contributed by atoms with E-state index < -0.39 is 5.54 Å². The van der Waals surface area contributed by atoms with E-state index in [1.165, 1.54) is 0 Å². The molecule has 27 heavy (non-hydrogen) atoms. The number of nitrogens with zero attached hydrogens (tertiary/aromatic N) is 3. The highest BCUT2D eigenvalue weighted by Crippen LogP contribution is 2.40. The molecule has 1 heterocycles. The first-order valence-electron chi connectivity index (χ1n) is 8.93. The van der Waals surface area contributed by atoms with Crippen molar-refractivity contribution in [2.24, 2.45) is 0 Å². The van der Waals surface area contributed by atoms with Gasteiger partial charge in [0.2, 0.25) is 0 Å². The first-order valence-corrected chi connectivity index (χ1v) is 8.93. The quantitative estimate of drug-likeness (QED) is 0.486. The molecule has 3 heteroatoms. The van der Waals surface area contributed by atoms with Crippen molar-refractivity contribution in [3.05, 3.63) is 126 Å². The van der Waals surface area contributed by atoms with Crippen LogP contribution in [0.3, 0.4) is 0 Å². The van der Waals surface area contributed by atoms with Gasteiger partial charge in [-0.2, -0.15) is 10.4 Å². The second-order valence-electron chi connectivity index (χ2n) is 6.44. The van der Waals surface area contributed by atoms with Gasteiger partial charge in [-0.1, -0.05) is 91.0 Å². The molecule has 0 bridgehead atoms. The van der Waals surface area contributed by atoms with Crippen LogP contribution in [-0.2, 0) is 12.0 Å². The van der Waals surface area contributed by atoms with Gasteiger partial charge in [0.05, 0.1) is 18.7 Å². The summed E-state index contributed by atoms with van der Waals surface area (Å²) in [6, 6.07) is 33.4. The number of nitriles is 1. The molecule has 0 amide bonds. The van der Waals surface area contributed by atoms with E-state index in [9.17, 15) is 0 Å². The lowest BCUT2D eigenvalue weighted by Crippen LogP contribution is -2.38. The highest BCUT2D eigenvalue weighted by molar-refractivity contribution is 5.50. The van der Waals surface area contributed by atoms with Crippen molar-refractivity contribution in [3.63, 3.8) is 0 Å². The molecule has 0 aliphatic carbocycles. The summed E-state index contributed by atoms with van der Waals surface area (Å²) in [6.07, 6.45) is 4.11. The molecule has 0 unspecified atom stereocenters. The summed E-state index contributed by atoms with van der Waals surface area (Å²) in [5.74, 6) is 0. The third-order valence-electron chi connectivity index (χ3n) is 4.84. The topological polar surface area (TPSA) is 41.6 Å². The van der Waals surface area contributed by atoms with Crippen LogP contribution >= 0.6 is 0 Å². The van der Waals surface area contributed by atoms with Gasteiger partial charge in [-0.15, -0.1) is 0 Å². The van der Waals surface area contributed by atoms with Crippen molar-refractivity contribution in [2.75, 3.05) is 0 Å². The Morgan fingerprint density at radius 3 is 1.59 bits per heavy atom. The molecule has 0 spiro atoms. The van der Waals surface area contributed by atoms with E-state index in [2.05, 4.69) is 78.9 Å². The zero-order chi connectivity index (χ0) is 18.5. The highest BCUT2D eigenvalue weighted by Gasteiger charge is 2.39. The second kappa shape index (κ2) is 7.31. The summed E-state index contributed by atoms with van der Waals surface area (Å²) < 4.78 is 1.99. The zero-order valence-corrected chi connectivity index (χ0v) is 14.9. The standard InChI is InChI=1S/C24H19N3/c25-17-16-20-18-26-27(19-20)24(21-10-4-1-5-11-21,22-12-6-2-7-13-22)23-14-8-3-9-15-23/h1-15,18-19H,16H2. The summed E-state index contributed by atoms with van der Waals surface area (Å²) in [5, 5.41) is 13.8. The van der Waals surface area contributed by atoms with Crippen molar-refractivity contribution >= 4 is 0 Å². The van der Waals surface area contributed by atoms with Crippen molar-refractivity contribution in [2.45, 2.75) is 12.0 Å². The Kier molecular flexibility index (Phi) is 4.55. The molecule has 130 valence electrons. The highest BCUT2D eigenvalue weighted by atomic mass is 15.3. The SMILES string of the molecule is N#CCc1cnn(C(c2ccccc2)(c2ccccc2)c2ccccc2)c1. The summed E-state index contributed by atoms with van der Waals surface area (Å²) in [4.78, 5) is 0. The second-order valence-corrected chi connectivity index (χ2v) is 6.44. The lowest BCUT2D eigenvalue weighted by atomic mass is 9.77. The number of aromatic nitrogens is 2. The number of hydrogen-bond acceptors (Lipinski definition) is 2. The van der Waals surface area contributed by atoms with Crippen molar-refractivity contribution in [3.8, 4) is 6.07 Å². The van der Waals surface area contributed by atoms with E-state index >= 15 is 0 Å². The monoisotopic (exact) mass is 349 g/mol. The maximum atomic E-state index is 9.10.